The van der Waals surface area contributed by atoms with E-state index in [4.69, 9.17) is 5.11 Å². The fourth-order valence-electron chi connectivity index (χ4n) is 2.00. The molecular weight excluding hydrogens is 260 g/mol. The Balaban J connectivity index is 2.55. The first-order valence-electron chi connectivity index (χ1n) is 5.71. The van der Waals surface area contributed by atoms with Gasteiger partial charge in [0.25, 0.3) is 0 Å². The van der Waals surface area contributed by atoms with E-state index >= 15 is 0 Å². The fourth-order valence-corrected chi connectivity index (χ4v) is 3.76. The number of rotatable bonds is 6. The molecule has 1 fully saturated rings. The van der Waals surface area contributed by atoms with Gasteiger partial charge in [-0.25, -0.2) is 8.42 Å². The molecule has 8 heteroatoms. The highest BCUT2D eigenvalue weighted by Gasteiger charge is 2.32. The number of amides is 1. The molecule has 1 amide bonds. The summed E-state index contributed by atoms with van der Waals surface area (Å²) < 4.78 is 22.7. The Morgan fingerprint density at radius 3 is 2.56 bits per heavy atom. The van der Waals surface area contributed by atoms with Gasteiger partial charge in [0.15, 0.2) is 9.84 Å². The lowest BCUT2D eigenvalue weighted by Gasteiger charge is -2.26. The highest BCUT2D eigenvalue weighted by molar-refractivity contribution is 7.91. The highest BCUT2D eigenvalue weighted by atomic mass is 32.2. The first-order chi connectivity index (χ1) is 8.30. The Hall–Kier alpha value is -1.15. The normalized spacial score (nSPS) is 22.0. The molecule has 1 saturated heterocycles. The zero-order valence-electron chi connectivity index (χ0n) is 10.3. The first-order valence-corrected chi connectivity index (χ1v) is 7.53. The van der Waals surface area contributed by atoms with E-state index in [1.807, 2.05) is 0 Å². The van der Waals surface area contributed by atoms with Crippen LogP contribution in [0, 0.1) is 0 Å². The summed E-state index contributed by atoms with van der Waals surface area (Å²) in [6, 6.07) is -0.264. The van der Waals surface area contributed by atoms with Gasteiger partial charge in [-0.15, -0.1) is 0 Å². The molecular formula is C10H18N2O5S. The third-order valence-corrected chi connectivity index (χ3v) is 4.59. The molecule has 0 bridgehead atoms. The molecule has 0 aromatic rings. The molecule has 18 heavy (non-hydrogen) atoms. The van der Waals surface area contributed by atoms with Gasteiger partial charge < -0.3 is 10.4 Å². The molecule has 1 unspecified atom stereocenters. The molecule has 0 saturated carbocycles. The number of carbonyl (C=O) groups excluding carboxylic acids is 1. The van der Waals surface area contributed by atoms with Crippen LogP contribution in [-0.2, 0) is 19.4 Å². The Bertz CT molecular complexity index is 420. The Labute approximate surface area is 106 Å². The van der Waals surface area contributed by atoms with Crippen molar-refractivity contribution in [2.75, 3.05) is 31.1 Å². The molecule has 0 aliphatic carbocycles. The van der Waals surface area contributed by atoms with Gasteiger partial charge in [-0.3, -0.25) is 14.5 Å². The van der Waals surface area contributed by atoms with Gasteiger partial charge in [-0.05, 0) is 6.42 Å². The van der Waals surface area contributed by atoms with Crippen molar-refractivity contribution in [2.45, 2.75) is 19.4 Å². The summed E-state index contributed by atoms with van der Waals surface area (Å²) in [4.78, 5) is 23.1. The molecule has 0 aromatic heterocycles. The smallest absolute Gasteiger partial charge is 0.317 e. The minimum Gasteiger partial charge on any atom is -0.480 e. The lowest BCUT2D eigenvalue weighted by molar-refractivity contribution is -0.138. The van der Waals surface area contributed by atoms with E-state index < -0.39 is 15.8 Å². The number of hydrogen-bond donors (Lipinski definition) is 2. The van der Waals surface area contributed by atoms with Gasteiger partial charge in [-0.2, -0.15) is 0 Å². The first kappa shape index (κ1) is 14.9. The molecule has 1 aliphatic heterocycles. The SMILES string of the molecule is CC(=O)NCCN(CC(=O)O)C1CCS(=O)(=O)C1. The predicted octanol–water partition coefficient (Wildman–Crippen LogP) is -1.30. The second kappa shape index (κ2) is 6.14. The van der Waals surface area contributed by atoms with Crippen molar-refractivity contribution in [3.8, 4) is 0 Å². The minimum absolute atomic E-state index is 0.000349. The Morgan fingerprint density at radius 1 is 1.44 bits per heavy atom. The average molecular weight is 278 g/mol. The molecule has 1 rings (SSSR count). The Kier molecular flexibility index (Phi) is 5.09. The maximum atomic E-state index is 11.4. The quantitative estimate of drug-likeness (QED) is 0.625. The van der Waals surface area contributed by atoms with Crippen molar-refractivity contribution in [1.82, 2.24) is 10.2 Å². The van der Waals surface area contributed by atoms with E-state index in [1.54, 1.807) is 4.90 Å². The van der Waals surface area contributed by atoms with Crippen molar-refractivity contribution in [2.24, 2.45) is 0 Å². The number of carbonyl (C=O) groups is 2. The van der Waals surface area contributed by atoms with Gasteiger partial charge in [0.05, 0.1) is 18.1 Å². The summed E-state index contributed by atoms with van der Waals surface area (Å²) in [7, 11) is -3.04. The van der Waals surface area contributed by atoms with Crippen LogP contribution in [0.1, 0.15) is 13.3 Å². The van der Waals surface area contributed by atoms with E-state index in [2.05, 4.69) is 5.32 Å². The molecule has 1 aliphatic rings. The molecule has 0 aromatic carbocycles. The fraction of sp³-hybridized carbons (Fsp3) is 0.800. The zero-order valence-corrected chi connectivity index (χ0v) is 11.1. The van der Waals surface area contributed by atoms with Gasteiger partial charge in [0.1, 0.15) is 0 Å². The maximum absolute atomic E-state index is 11.4. The number of carboxylic acids is 1. The lowest BCUT2D eigenvalue weighted by atomic mass is 10.2. The second-order valence-electron chi connectivity index (χ2n) is 4.40. The molecule has 0 spiro atoms. The van der Waals surface area contributed by atoms with Crippen LogP contribution in [0.25, 0.3) is 0 Å². The van der Waals surface area contributed by atoms with Crippen LogP contribution >= 0.6 is 0 Å². The number of aliphatic carboxylic acids is 1. The van der Waals surface area contributed by atoms with Crippen LogP contribution in [0.2, 0.25) is 0 Å². The van der Waals surface area contributed by atoms with Crippen molar-refractivity contribution >= 4 is 21.7 Å². The summed E-state index contributed by atoms with van der Waals surface area (Å²) >= 11 is 0. The van der Waals surface area contributed by atoms with Crippen LogP contribution < -0.4 is 5.32 Å². The maximum Gasteiger partial charge on any atom is 0.317 e. The zero-order chi connectivity index (χ0) is 13.8. The number of nitrogens with one attached hydrogen (secondary N) is 1. The molecule has 0 radical (unpaired) electrons. The van der Waals surface area contributed by atoms with Crippen molar-refractivity contribution in [3.05, 3.63) is 0 Å². The summed E-state index contributed by atoms with van der Waals surface area (Å²) in [6.07, 6.45) is 0.454. The van der Waals surface area contributed by atoms with Crippen LogP contribution in [0.15, 0.2) is 0 Å². The van der Waals surface area contributed by atoms with E-state index in [-0.39, 0.29) is 30.0 Å². The lowest BCUT2D eigenvalue weighted by Crippen LogP contribution is -2.44. The second-order valence-corrected chi connectivity index (χ2v) is 6.63. The summed E-state index contributed by atoms with van der Waals surface area (Å²) in [5.41, 5.74) is 0. The average Bonchev–Trinajstić information content (AvgIpc) is 2.56. The molecule has 1 heterocycles. The number of nitrogens with zero attached hydrogens (tertiary/aromatic N) is 1. The highest BCUT2D eigenvalue weighted by Crippen LogP contribution is 2.17. The number of hydrogen-bond acceptors (Lipinski definition) is 5. The van der Waals surface area contributed by atoms with Crippen LogP contribution in [0.4, 0.5) is 0 Å². The molecule has 2 N–H and O–H groups in total. The van der Waals surface area contributed by atoms with Crippen LogP contribution in [-0.4, -0.2) is 67.5 Å². The summed E-state index contributed by atoms with van der Waals surface area (Å²) in [5.74, 6) is -1.08. The number of carboxylic acid groups (broad SMARTS) is 1. The van der Waals surface area contributed by atoms with E-state index in [9.17, 15) is 18.0 Å². The van der Waals surface area contributed by atoms with Gasteiger partial charge in [0.2, 0.25) is 5.91 Å². The van der Waals surface area contributed by atoms with Crippen molar-refractivity contribution in [3.63, 3.8) is 0 Å². The van der Waals surface area contributed by atoms with Crippen molar-refractivity contribution in [1.29, 1.82) is 0 Å². The van der Waals surface area contributed by atoms with Gasteiger partial charge >= 0.3 is 5.97 Å². The van der Waals surface area contributed by atoms with E-state index in [0.29, 0.717) is 19.5 Å². The van der Waals surface area contributed by atoms with Gasteiger partial charge in [0, 0.05) is 26.1 Å². The third kappa shape index (κ3) is 5.01. The largest absolute Gasteiger partial charge is 0.480 e. The van der Waals surface area contributed by atoms with Crippen LogP contribution in [0.5, 0.6) is 0 Å². The van der Waals surface area contributed by atoms with Crippen LogP contribution in [0.3, 0.4) is 0 Å². The minimum atomic E-state index is -3.04. The Morgan fingerprint density at radius 2 is 2.11 bits per heavy atom. The topological polar surface area (TPSA) is 104 Å². The number of sulfone groups is 1. The third-order valence-electron chi connectivity index (χ3n) is 2.84. The van der Waals surface area contributed by atoms with E-state index in [1.165, 1.54) is 6.92 Å². The summed E-state index contributed by atoms with van der Waals surface area (Å²) in [6.45, 7) is 1.83. The molecule has 1 atom stereocenters. The van der Waals surface area contributed by atoms with Gasteiger partial charge in [-0.1, -0.05) is 0 Å². The van der Waals surface area contributed by atoms with Crippen molar-refractivity contribution < 1.29 is 23.1 Å². The molecule has 104 valence electrons. The standard InChI is InChI=1S/C10H18N2O5S/c1-8(13)11-3-4-12(6-10(14)15)9-2-5-18(16,17)7-9/h9H,2-7H2,1H3,(H,11,13)(H,14,15). The monoisotopic (exact) mass is 278 g/mol. The summed E-state index contributed by atoms with van der Waals surface area (Å²) in [5, 5.41) is 11.4. The van der Waals surface area contributed by atoms with E-state index in [0.717, 1.165) is 0 Å². The predicted molar refractivity (Wildman–Crippen MR) is 65.0 cm³/mol. The molecule has 7 nitrogen and oxygen atoms in total.